The maximum Gasteiger partial charge on any atom is 0.200 e. The monoisotopic (exact) mass is 405 g/mol. The van der Waals surface area contributed by atoms with E-state index in [-0.39, 0.29) is 5.43 Å². The summed E-state index contributed by atoms with van der Waals surface area (Å²) in [5, 5.41) is 0. The summed E-state index contributed by atoms with van der Waals surface area (Å²) < 4.78 is 11.6. The lowest BCUT2D eigenvalue weighted by Gasteiger charge is -2.27. The topological polar surface area (TPSA) is 59.8 Å². The Labute approximate surface area is 172 Å². The van der Waals surface area contributed by atoms with E-state index in [9.17, 15) is 9.59 Å². The number of aldehydes is 1. The standard InChI is InChI=1S/C23H19NO4S/c25-14-15-4-5-21-17(10-15)11-16-2-1-3-19(23(16)29-21)20-12-18(26)13-22(28-20)24-6-8-27-9-7-24/h1-5,10,12-14H,6-9,11H2. The van der Waals surface area contributed by atoms with E-state index in [1.807, 2.05) is 35.2 Å². The summed E-state index contributed by atoms with van der Waals surface area (Å²) in [6, 6.07) is 15.0. The van der Waals surface area contributed by atoms with E-state index in [4.69, 9.17) is 9.15 Å². The summed E-state index contributed by atoms with van der Waals surface area (Å²) in [7, 11) is 0. The predicted molar refractivity (Wildman–Crippen MR) is 112 cm³/mol. The molecular weight excluding hydrogens is 386 g/mol. The first-order valence-corrected chi connectivity index (χ1v) is 10.4. The van der Waals surface area contributed by atoms with Gasteiger partial charge in [0, 0.05) is 46.1 Å². The maximum atomic E-state index is 12.4. The Morgan fingerprint density at radius 2 is 1.86 bits per heavy atom. The number of rotatable bonds is 3. The average molecular weight is 405 g/mol. The molecule has 0 radical (unpaired) electrons. The van der Waals surface area contributed by atoms with E-state index in [2.05, 4.69) is 6.07 Å². The van der Waals surface area contributed by atoms with Crippen LogP contribution >= 0.6 is 11.8 Å². The summed E-state index contributed by atoms with van der Waals surface area (Å²) in [5.74, 6) is 1.17. The molecule has 29 heavy (non-hydrogen) atoms. The van der Waals surface area contributed by atoms with Crippen molar-refractivity contribution >= 4 is 23.9 Å². The lowest BCUT2D eigenvalue weighted by Crippen LogP contribution is -2.36. The van der Waals surface area contributed by atoms with Crippen LogP contribution in [0.3, 0.4) is 0 Å². The molecule has 0 N–H and O–H groups in total. The summed E-state index contributed by atoms with van der Waals surface area (Å²) in [4.78, 5) is 27.8. The number of carbonyl (C=O) groups excluding carboxylic acids is 1. The van der Waals surface area contributed by atoms with Crippen LogP contribution in [0.5, 0.6) is 0 Å². The van der Waals surface area contributed by atoms with Gasteiger partial charge >= 0.3 is 0 Å². The molecule has 0 bridgehead atoms. The Kier molecular flexibility index (Phi) is 4.73. The largest absolute Gasteiger partial charge is 0.440 e. The fourth-order valence-corrected chi connectivity index (χ4v) is 4.97. The predicted octanol–water partition coefficient (Wildman–Crippen LogP) is 4.01. The Hall–Kier alpha value is -2.83. The molecular formula is C23H19NO4S. The van der Waals surface area contributed by atoms with Crippen molar-refractivity contribution in [3.05, 3.63) is 75.4 Å². The van der Waals surface area contributed by atoms with E-state index in [1.165, 1.54) is 5.56 Å². The second-order valence-electron chi connectivity index (χ2n) is 7.15. The highest BCUT2D eigenvalue weighted by Crippen LogP contribution is 2.44. The molecule has 1 saturated heterocycles. The molecule has 146 valence electrons. The van der Waals surface area contributed by atoms with Crippen LogP contribution in [0.2, 0.25) is 0 Å². The smallest absolute Gasteiger partial charge is 0.200 e. The molecule has 5 rings (SSSR count). The van der Waals surface area contributed by atoms with Crippen molar-refractivity contribution in [1.29, 1.82) is 0 Å². The Balaban J connectivity index is 1.56. The van der Waals surface area contributed by atoms with Gasteiger partial charge in [-0.25, -0.2) is 0 Å². The zero-order valence-electron chi connectivity index (χ0n) is 15.7. The van der Waals surface area contributed by atoms with Crippen LogP contribution in [-0.2, 0) is 11.2 Å². The van der Waals surface area contributed by atoms with Crippen LogP contribution in [0, 0.1) is 0 Å². The first kappa shape index (κ1) is 18.2. The second-order valence-corrected chi connectivity index (χ2v) is 8.20. The van der Waals surface area contributed by atoms with Crippen molar-refractivity contribution in [2.24, 2.45) is 0 Å². The highest BCUT2D eigenvalue weighted by Gasteiger charge is 2.22. The molecule has 3 aromatic rings. The highest BCUT2D eigenvalue weighted by molar-refractivity contribution is 7.99. The zero-order valence-corrected chi connectivity index (χ0v) is 16.5. The summed E-state index contributed by atoms with van der Waals surface area (Å²) in [5.41, 5.74) is 3.86. The van der Waals surface area contributed by atoms with Crippen LogP contribution in [0.1, 0.15) is 21.5 Å². The summed E-state index contributed by atoms with van der Waals surface area (Å²) >= 11 is 1.66. The fourth-order valence-electron chi connectivity index (χ4n) is 3.80. The number of anilines is 1. The molecule has 0 atom stereocenters. The van der Waals surface area contributed by atoms with E-state index in [1.54, 1.807) is 23.9 Å². The van der Waals surface area contributed by atoms with Crippen molar-refractivity contribution in [1.82, 2.24) is 0 Å². The van der Waals surface area contributed by atoms with Gasteiger partial charge in [0.1, 0.15) is 12.0 Å². The number of fused-ring (bicyclic) bond motifs is 2. The molecule has 0 amide bonds. The quantitative estimate of drug-likeness (QED) is 0.480. The minimum atomic E-state index is -0.0674. The van der Waals surface area contributed by atoms with Crippen molar-refractivity contribution < 1.29 is 13.9 Å². The van der Waals surface area contributed by atoms with Crippen LogP contribution in [-0.4, -0.2) is 32.6 Å². The molecule has 5 nitrogen and oxygen atoms in total. The molecule has 1 fully saturated rings. The van der Waals surface area contributed by atoms with Crippen LogP contribution in [0.25, 0.3) is 11.3 Å². The van der Waals surface area contributed by atoms with Gasteiger partial charge in [0.25, 0.3) is 0 Å². The number of benzene rings is 2. The minimum Gasteiger partial charge on any atom is -0.440 e. The summed E-state index contributed by atoms with van der Waals surface area (Å²) in [6.07, 6.45) is 1.63. The number of hydrogen-bond donors (Lipinski definition) is 0. The van der Waals surface area contributed by atoms with Gasteiger partial charge in [0.05, 0.1) is 13.2 Å². The van der Waals surface area contributed by atoms with Gasteiger partial charge in [-0.2, -0.15) is 0 Å². The highest BCUT2D eigenvalue weighted by atomic mass is 32.2. The molecule has 1 aromatic heterocycles. The molecule has 2 aliphatic heterocycles. The SMILES string of the molecule is O=Cc1ccc2c(c1)Cc1cccc(-c3cc(=O)cc(N4CCOCC4)o3)c1S2. The van der Waals surface area contributed by atoms with Gasteiger partial charge in [-0.3, -0.25) is 9.59 Å². The van der Waals surface area contributed by atoms with Gasteiger partial charge in [0.15, 0.2) is 11.3 Å². The Bertz CT molecular complexity index is 1150. The molecule has 0 unspecified atom stereocenters. The first-order valence-electron chi connectivity index (χ1n) is 9.57. The summed E-state index contributed by atoms with van der Waals surface area (Å²) in [6.45, 7) is 2.68. The van der Waals surface area contributed by atoms with Gasteiger partial charge in [-0.05, 0) is 29.7 Å². The number of ether oxygens (including phenoxy) is 1. The Morgan fingerprint density at radius 1 is 1.00 bits per heavy atom. The minimum absolute atomic E-state index is 0.0674. The van der Waals surface area contributed by atoms with Crippen molar-refractivity contribution in [3.8, 4) is 11.3 Å². The molecule has 0 aliphatic carbocycles. The van der Waals surface area contributed by atoms with Gasteiger partial charge in [-0.1, -0.05) is 36.0 Å². The lowest BCUT2D eigenvalue weighted by atomic mass is 9.99. The Morgan fingerprint density at radius 3 is 2.69 bits per heavy atom. The third-order valence-electron chi connectivity index (χ3n) is 5.25. The first-order chi connectivity index (χ1) is 14.2. The van der Waals surface area contributed by atoms with Gasteiger partial charge in [-0.15, -0.1) is 0 Å². The van der Waals surface area contributed by atoms with Crippen LogP contribution in [0.15, 0.2) is 67.5 Å². The molecule has 2 aromatic carbocycles. The molecule has 0 saturated carbocycles. The molecule has 0 spiro atoms. The third-order valence-corrected chi connectivity index (χ3v) is 6.56. The van der Waals surface area contributed by atoms with Crippen LogP contribution < -0.4 is 10.3 Å². The fraction of sp³-hybridized carbons (Fsp3) is 0.217. The van der Waals surface area contributed by atoms with Crippen LogP contribution in [0.4, 0.5) is 5.88 Å². The molecule has 3 heterocycles. The second kappa shape index (κ2) is 7.54. The van der Waals surface area contributed by atoms with E-state index in [0.717, 1.165) is 33.6 Å². The van der Waals surface area contributed by atoms with Gasteiger partial charge < -0.3 is 14.1 Å². The average Bonchev–Trinajstić information content (AvgIpc) is 2.77. The lowest BCUT2D eigenvalue weighted by molar-refractivity contribution is 0.112. The third kappa shape index (κ3) is 3.50. The molecule has 6 heteroatoms. The van der Waals surface area contributed by atoms with E-state index >= 15 is 0 Å². The van der Waals surface area contributed by atoms with Crippen molar-refractivity contribution in [2.75, 3.05) is 31.2 Å². The van der Waals surface area contributed by atoms with E-state index < -0.39 is 0 Å². The van der Waals surface area contributed by atoms with Crippen molar-refractivity contribution in [3.63, 3.8) is 0 Å². The number of morpholine rings is 1. The van der Waals surface area contributed by atoms with E-state index in [0.29, 0.717) is 43.5 Å². The number of carbonyl (C=O) groups is 1. The maximum absolute atomic E-state index is 12.4. The van der Waals surface area contributed by atoms with Crippen molar-refractivity contribution in [2.45, 2.75) is 16.2 Å². The number of hydrogen-bond acceptors (Lipinski definition) is 6. The number of nitrogens with zero attached hydrogens (tertiary/aromatic N) is 1. The molecule has 2 aliphatic rings. The van der Waals surface area contributed by atoms with Gasteiger partial charge in [0.2, 0.25) is 0 Å². The normalized spacial score (nSPS) is 15.5. The zero-order chi connectivity index (χ0) is 19.8.